The fourth-order valence-corrected chi connectivity index (χ4v) is 2.84. The van der Waals surface area contributed by atoms with Crippen LogP contribution in [0.4, 0.5) is 0 Å². The largest absolute Gasteiger partial charge is 0.508 e. The first-order valence-corrected chi connectivity index (χ1v) is 7.30. The molecule has 1 atom stereocenters. The summed E-state index contributed by atoms with van der Waals surface area (Å²) in [7, 11) is 3.13. The van der Waals surface area contributed by atoms with Crippen LogP contribution in [0.2, 0.25) is 0 Å². The van der Waals surface area contributed by atoms with Gasteiger partial charge in [-0.25, -0.2) is 0 Å². The third kappa shape index (κ3) is 2.59. The van der Waals surface area contributed by atoms with Crippen LogP contribution in [-0.2, 0) is 11.2 Å². The molecule has 1 aliphatic heterocycles. The number of phenols is 1. The Morgan fingerprint density at radius 1 is 1.13 bits per heavy atom. The molecule has 2 aromatic rings. The van der Waals surface area contributed by atoms with Crippen molar-refractivity contribution >= 4 is 5.97 Å². The van der Waals surface area contributed by atoms with Crippen molar-refractivity contribution in [3.63, 3.8) is 0 Å². The fourth-order valence-electron chi connectivity index (χ4n) is 2.84. The second-order valence-electron chi connectivity index (χ2n) is 5.49. The second kappa shape index (κ2) is 5.83. The van der Waals surface area contributed by atoms with Gasteiger partial charge in [-0.3, -0.25) is 4.79 Å². The lowest BCUT2D eigenvalue weighted by Gasteiger charge is -2.25. The number of fused-ring (bicyclic) bond motifs is 1. The molecule has 2 aromatic carbocycles. The van der Waals surface area contributed by atoms with Crippen LogP contribution in [-0.4, -0.2) is 25.3 Å². The van der Waals surface area contributed by atoms with Gasteiger partial charge in [0.25, 0.3) is 0 Å². The summed E-state index contributed by atoms with van der Waals surface area (Å²) in [5.41, 5.74) is 2.30. The highest BCUT2D eigenvalue weighted by atomic mass is 16.5. The van der Waals surface area contributed by atoms with Crippen molar-refractivity contribution in [1.29, 1.82) is 0 Å². The zero-order valence-corrected chi connectivity index (χ0v) is 13.3. The number of aromatic hydroxyl groups is 1. The molecule has 0 bridgehead atoms. The lowest BCUT2D eigenvalue weighted by molar-refractivity contribution is -0.137. The van der Waals surface area contributed by atoms with Crippen molar-refractivity contribution in [3.8, 4) is 23.0 Å². The number of esters is 1. The average Bonchev–Trinajstić information content (AvgIpc) is 2.57. The molecule has 5 nitrogen and oxygen atoms in total. The Bertz CT molecular complexity index is 766. The molecule has 0 aromatic heterocycles. The van der Waals surface area contributed by atoms with Crippen LogP contribution in [0.25, 0.3) is 0 Å². The normalized spacial score (nSPS) is 16.5. The molecule has 0 amide bonds. The van der Waals surface area contributed by atoms with E-state index in [1.165, 1.54) is 0 Å². The Kier molecular flexibility index (Phi) is 3.86. The van der Waals surface area contributed by atoms with Gasteiger partial charge >= 0.3 is 5.97 Å². The number of methoxy groups -OCH3 is 2. The summed E-state index contributed by atoms with van der Waals surface area (Å²) in [5, 5.41) is 9.75. The highest BCUT2D eigenvalue weighted by Gasteiger charge is 2.32. The van der Waals surface area contributed by atoms with Crippen LogP contribution in [0, 0.1) is 6.92 Å². The van der Waals surface area contributed by atoms with E-state index in [2.05, 4.69) is 0 Å². The van der Waals surface area contributed by atoms with Crippen LogP contribution < -0.4 is 14.2 Å². The zero-order valence-electron chi connectivity index (χ0n) is 13.3. The minimum Gasteiger partial charge on any atom is -0.508 e. The van der Waals surface area contributed by atoms with Crippen molar-refractivity contribution in [2.75, 3.05) is 14.2 Å². The van der Waals surface area contributed by atoms with Gasteiger partial charge in [0.05, 0.1) is 20.1 Å². The maximum absolute atomic E-state index is 12.4. The summed E-state index contributed by atoms with van der Waals surface area (Å²) in [6.07, 6.45) is 0.519. The van der Waals surface area contributed by atoms with Crippen LogP contribution in [0.1, 0.15) is 22.6 Å². The van der Waals surface area contributed by atoms with Gasteiger partial charge in [-0.15, -0.1) is 0 Å². The predicted molar refractivity (Wildman–Crippen MR) is 84.5 cm³/mol. The van der Waals surface area contributed by atoms with E-state index >= 15 is 0 Å². The van der Waals surface area contributed by atoms with E-state index in [1.807, 2.05) is 6.07 Å². The summed E-state index contributed by atoms with van der Waals surface area (Å²) in [4.78, 5) is 12.4. The van der Waals surface area contributed by atoms with Gasteiger partial charge in [-0.2, -0.15) is 0 Å². The average molecular weight is 314 g/mol. The maximum atomic E-state index is 12.4. The highest BCUT2D eigenvalue weighted by Crippen LogP contribution is 2.40. The summed E-state index contributed by atoms with van der Waals surface area (Å²) >= 11 is 0. The number of ether oxygens (including phenoxy) is 3. The first kappa shape index (κ1) is 15.2. The number of phenolic OH excluding ortho intramolecular Hbond substituents is 1. The Morgan fingerprint density at radius 3 is 2.57 bits per heavy atom. The third-order valence-corrected chi connectivity index (χ3v) is 4.18. The lowest BCUT2D eigenvalue weighted by Crippen LogP contribution is -2.26. The smallest absolute Gasteiger partial charge is 0.319 e. The van der Waals surface area contributed by atoms with Crippen LogP contribution in [0.3, 0.4) is 0 Å². The van der Waals surface area contributed by atoms with Crippen molar-refractivity contribution in [2.24, 2.45) is 0 Å². The topological polar surface area (TPSA) is 65.0 Å². The van der Waals surface area contributed by atoms with Crippen molar-refractivity contribution in [3.05, 3.63) is 47.0 Å². The minimum absolute atomic E-state index is 0.126. The Morgan fingerprint density at radius 2 is 1.87 bits per heavy atom. The van der Waals surface area contributed by atoms with Gasteiger partial charge < -0.3 is 19.3 Å². The SMILES string of the molecule is COc1ccc(C2Cc3ccc(O)c(C)c3OC2=O)cc1OC. The Labute approximate surface area is 134 Å². The maximum Gasteiger partial charge on any atom is 0.319 e. The highest BCUT2D eigenvalue weighted by molar-refractivity contribution is 5.84. The van der Waals surface area contributed by atoms with Gasteiger partial charge in [0, 0.05) is 5.56 Å². The van der Waals surface area contributed by atoms with Gasteiger partial charge in [0.2, 0.25) is 0 Å². The van der Waals surface area contributed by atoms with Gasteiger partial charge in [0.15, 0.2) is 11.5 Å². The molecule has 1 N–H and O–H groups in total. The summed E-state index contributed by atoms with van der Waals surface area (Å²) in [5.74, 6) is 1.03. The van der Waals surface area contributed by atoms with Crippen LogP contribution >= 0.6 is 0 Å². The zero-order chi connectivity index (χ0) is 16.6. The summed E-state index contributed by atoms with van der Waals surface area (Å²) < 4.78 is 16.0. The standard InChI is InChI=1S/C18H18O5/c1-10-14(19)6-4-12-8-13(18(20)23-17(10)12)11-5-7-15(21-2)16(9-11)22-3/h4-7,9,13,19H,8H2,1-3H3. The van der Waals surface area contributed by atoms with E-state index in [0.29, 0.717) is 29.2 Å². The molecule has 0 saturated carbocycles. The first-order chi connectivity index (χ1) is 11.0. The van der Waals surface area contributed by atoms with E-state index in [9.17, 15) is 9.90 Å². The molecular weight excluding hydrogens is 296 g/mol. The molecule has 0 spiro atoms. The number of hydrogen-bond acceptors (Lipinski definition) is 5. The molecule has 0 saturated heterocycles. The van der Waals surface area contributed by atoms with E-state index in [4.69, 9.17) is 14.2 Å². The van der Waals surface area contributed by atoms with Crippen molar-refractivity contribution in [1.82, 2.24) is 0 Å². The number of rotatable bonds is 3. The second-order valence-corrected chi connectivity index (χ2v) is 5.49. The Hall–Kier alpha value is -2.69. The third-order valence-electron chi connectivity index (χ3n) is 4.18. The molecule has 23 heavy (non-hydrogen) atoms. The number of benzene rings is 2. The first-order valence-electron chi connectivity index (χ1n) is 7.30. The van der Waals surface area contributed by atoms with Crippen LogP contribution in [0.5, 0.6) is 23.0 Å². The number of hydrogen-bond donors (Lipinski definition) is 1. The molecule has 0 aliphatic carbocycles. The molecule has 1 heterocycles. The predicted octanol–water partition coefficient (Wildman–Crippen LogP) is 2.96. The van der Waals surface area contributed by atoms with E-state index in [0.717, 1.165) is 11.1 Å². The summed E-state index contributed by atoms with van der Waals surface area (Å²) in [6.45, 7) is 1.73. The quantitative estimate of drug-likeness (QED) is 0.697. The summed E-state index contributed by atoms with van der Waals surface area (Å²) in [6, 6.07) is 8.82. The minimum atomic E-state index is -0.411. The molecule has 1 aliphatic rings. The number of carbonyl (C=O) groups excluding carboxylic acids is 1. The van der Waals surface area contributed by atoms with E-state index in [-0.39, 0.29) is 11.7 Å². The molecule has 0 fully saturated rings. The molecule has 1 unspecified atom stereocenters. The molecule has 3 rings (SSSR count). The van der Waals surface area contributed by atoms with Crippen molar-refractivity contribution in [2.45, 2.75) is 19.3 Å². The monoisotopic (exact) mass is 314 g/mol. The Balaban J connectivity index is 1.99. The van der Waals surface area contributed by atoms with Crippen LogP contribution in [0.15, 0.2) is 30.3 Å². The number of carbonyl (C=O) groups is 1. The van der Waals surface area contributed by atoms with Gasteiger partial charge in [-0.05, 0) is 42.7 Å². The molecule has 120 valence electrons. The van der Waals surface area contributed by atoms with Gasteiger partial charge in [0.1, 0.15) is 11.5 Å². The fraction of sp³-hybridized carbons (Fsp3) is 0.278. The van der Waals surface area contributed by atoms with E-state index in [1.54, 1.807) is 45.4 Å². The molecule has 5 heteroatoms. The van der Waals surface area contributed by atoms with Gasteiger partial charge in [-0.1, -0.05) is 12.1 Å². The lowest BCUT2D eigenvalue weighted by atomic mass is 9.88. The van der Waals surface area contributed by atoms with E-state index < -0.39 is 5.92 Å². The van der Waals surface area contributed by atoms with Crippen molar-refractivity contribution < 1.29 is 24.1 Å². The molecule has 0 radical (unpaired) electrons. The molecular formula is C18H18O5.